The lowest BCUT2D eigenvalue weighted by molar-refractivity contribution is 0.258. The summed E-state index contributed by atoms with van der Waals surface area (Å²) in [5.74, 6) is 2.94. The second-order valence-electron chi connectivity index (χ2n) is 8.24. The fraction of sp³-hybridized carbons (Fsp3) is 0.417. The Bertz CT molecular complexity index is 993. The zero-order valence-corrected chi connectivity index (χ0v) is 16.6. The molecule has 28 heavy (non-hydrogen) atoms. The maximum atomic E-state index is 5.46. The molecule has 1 aromatic heterocycles. The fourth-order valence-corrected chi connectivity index (χ4v) is 5.24. The van der Waals surface area contributed by atoms with E-state index < -0.39 is 0 Å². The van der Waals surface area contributed by atoms with E-state index in [2.05, 4.69) is 46.8 Å². The van der Waals surface area contributed by atoms with Crippen molar-refractivity contribution in [1.82, 2.24) is 10.3 Å². The molecule has 2 N–H and O–H groups in total. The summed E-state index contributed by atoms with van der Waals surface area (Å²) in [6.07, 6.45) is 6.89. The lowest BCUT2D eigenvalue weighted by atomic mass is 9.72. The Morgan fingerprint density at radius 1 is 1.07 bits per heavy atom. The van der Waals surface area contributed by atoms with E-state index in [1.54, 1.807) is 14.2 Å². The van der Waals surface area contributed by atoms with Crippen LogP contribution in [0.15, 0.2) is 42.6 Å². The van der Waals surface area contributed by atoms with Gasteiger partial charge in [0.1, 0.15) is 0 Å². The van der Waals surface area contributed by atoms with Crippen LogP contribution in [0.25, 0.3) is 10.9 Å². The molecule has 3 aromatic rings. The van der Waals surface area contributed by atoms with Crippen LogP contribution in [0.4, 0.5) is 0 Å². The van der Waals surface area contributed by atoms with Crippen LogP contribution in [0, 0.1) is 5.92 Å². The van der Waals surface area contributed by atoms with Crippen molar-refractivity contribution in [2.45, 2.75) is 37.6 Å². The van der Waals surface area contributed by atoms with Crippen LogP contribution in [-0.4, -0.2) is 31.8 Å². The van der Waals surface area contributed by atoms with Gasteiger partial charge in [-0.1, -0.05) is 18.2 Å². The minimum absolute atomic E-state index is 0.575. The SMILES string of the molecule is COc1ccc(CCC2CN[C@@H]3Cc4c[nH]c5cccc(c45)[C@H]3C2)cc1OC. The number of piperidine rings is 1. The van der Waals surface area contributed by atoms with E-state index in [9.17, 15) is 0 Å². The maximum Gasteiger partial charge on any atom is 0.160 e. The van der Waals surface area contributed by atoms with Gasteiger partial charge in [-0.25, -0.2) is 0 Å². The number of benzene rings is 2. The van der Waals surface area contributed by atoms with Gasteiger partial charge in [-0.15, -0.1) is 0 Å². The van der Waals surface area contributed by atoms with E-state index in [0.29, 0.717) is 17.9 Å². The number of hydrogen-bond donors (Lipinski definition) is 2. The molecule has 1 aliphatic carbocycles. The highest BCUT2D eigenvalue weighted by Gasteiger charge is 2.36. The molecule has 1 fully saturated rings. The normalized spacial score (nSPS) is 23.4. The lowest BCUT2D eigenvalue weighted by Crippen LogP contribution is -2.46. The van der Waals surface area contributed by atoms with Crippen LogP contribution in [0.1, 0.15) is 35.4 Å². The van der Waals surface area contributed by atoms with Crippen LogP contribution >= 0.6 is 0 Å². The van der Waals surface area contributed by atoms with Crippen LogP contribution < -0.4 is 14.8 Å². The summed E-state index contributed by atoms with van der Waals surface area (Å²) in [6.45, 7) is 1.12. The summed E-state index contributed by atoms with van der Waals surface area (Å²) in [6, 6.07) is 13.6. The van der Waals surface area contributed by atoms with E-state index in [1.807, 2.05) is 6.07 Å². The smallest absolute Gasteiger partial charge is 0.160 e. The van der Waals surface area contributed by atoms with Gasteiger partial charge in [-0.2, -0.15) is 0 Å². The van der Waals surface area contributed by atoms with Crippen LogP contribution in [0.5, 0.6) is 11.5 Å². The quantitative estimate of drug-likeness (QED) is 0.692. The monoisotopic (exact) mass is 376 g/mol. The van der Waals surface area contributed by atoms with E-state index in [1.165, 1.54) is 40.4 Å². The Balaban J connectivity index is 1.31. The van der Waals surface area contributed by atoms with Gasteiger partial charge in [0.05, 0.1) is 14.2 Å². The van der Waals surface area contributed by atoms with Crippen LogP contribution in [0.2, 0.25) is 0 Å². The topological polar surface area (TPSA) is 46.3 Å². The molecule has 2 heterocycles. The zero-order valence-electron chi connectivity index (χ0n) is 16.6. The lowest BCUT2D eigenvalue weighted by Gasteiger charge is -2.40. The number of H-pyrrole nitrogens is 1. The van der Waals surface area contributed by atoms with Gasteiger partial charge in [-0.05, 0) is 73.0 Å². The third-order valence-electron chi connectivity index (χ3n) is 6.69. The Labute approximate surface area is 166 Å². The molecule has 1 aliphatic heterocycles. The number of aryl methyl sites for hydroxylation is 1. The number of aromatic amines is 1. The van der Waals surface area contributed by atoms with Crippen molar-refractivity contribution in [3.63, 3.8) is 0 Å². The first kappa shape index (κ1) is 17.6. The van der Waals surface area contributed by atoms with Crippen molar-refractivity contribution in [2.75, 3.05) is 20.8 Å². The van der Waals surface area contributed by atoms with Crippen LogP contribution in [-0.2, 0) is 12.8 Å². The van der Waals surface area contributed by atoms with Crippen LogP contribution in [0.3, 0.4) is 0 Å². The molecule has 4 nitrogen and oxygen atoms in total. The first-order valence-electron chi connectivity index (χ1n) is 10.3. The van der Waals surface area contributed by atoms with Gasteiger partial charge in [0.15, 0.2) is 11.5 Å². The van der Waals surface area contributed by atoms with E-state index in [-0.39, 0.29) is 0 Å². The Kier molecular flexibility index (Phi) is 4.52. The molecule has 2 aromatic carbocycles. The molecule has 146 valence electrons. The number of rotatable bonds is 5. The number of hydrogen-bond acceptors (Lipinski definition) is 3. The Hall–Kier alpha value is -2.46. The molecule has 2 aliphatic rings. The molecule has 0 amide bonds. The zero-order chi connectivity index (χ0) is 19.1. The predicted octanol–water partition coefficient (Wildman–Crippen LogP) is 4.44. The van der Waals surface area contributed by atoms with E-state index in [4.69, 9.17) is 9.47 Å². The van der Waals surface area contributed by atoms with Crippen molar-refractivity contribution in [3.05, 3.63) is 59.3 Å². The number of aromatic nitrogens is 1. The number of methoxy groups -OCH3 is 2. The van der Waals surface area contributed by atoms with Gasteiger partial charge in [0.2, 0.25) is 0 Å². The second-order valence-corrected chi connectivity index (χ2v) is 8.24. The van der Waals surface area contributed by atoms with Crippen molar-refractivity contribution >= 4 is 10.9 Å². The Morgan fingerprint density at radius 2 is 1.96 bits per heavy atom. The third-order valence-corrected chi connectivity index (χ3v) is 6.69. The molecule has 0 radical (unpaired) electrons. The molecule has 0 saturated carbocycles. The Morgan fingerprint density at radius 3 is 2.82 bits per heavy atom. The van der Waals surface area contributed by atoms with E-state index >= 15 is 0 Å². The molecular weight excluding hydrogens is 348 g/mol. The third kappa shape index (κ3) is 2.96. The first-order valence-corrected chi connectivity index (χ1v) is 10.3. The summed E-state index contributed by atoms with van der Waals surface area (Å²) in [5.41, 5.74) is 5.62. The van der Waals surface area contributed by atoms with Crippen molar-refractivity contribution in [2.24, 2.45) is 5.92 Å². The summed E-state index contributed by atoms with van der Waals surface area (Å²) in [4.78, 5) is 3.46. The highest BCUT2D eigenvalue weighted by atomic mass is 16.5. The molecule has 0 bridgehead atoms. The fourth-order valence-electron chi connectivity index (χ4n) is 5.24. The second kappa shape index (κ2) is 7.17. The average Bonchev–Trinajstić information content (AvgIpc) is 3.16. The van der Waals surface area contributed by atoms with Gasteiger partial charge >= 0.3 is 0 Å². The number of nitrogens with one attached hydrogen (secondary N) is 2. The first-order chi connectivity index (χ1) is 13.8. The summed E-state index contributed by atoms with van der Waals surface area (Å²) < 4.78 is 10.8. The molecule has 1 saturated heterocycles. The largest absolute Gasteiger partial charge is 0.493 e. The highest BCUT2D eigenvalue weighted by Crippen LogP contribution is 2.42. The molecule has 5 rings (SSSR count). The molecule has 0 spiro atoms. The minimum atomic E-state index is 0.575. The summed E-state index contributed by atoms with van der Waals surface area (Å²) in [5, 5.41) is 5.34. The molecule has 3 atom stereocenters. The maximum absolute atomic E-state index is 5.46. The van der Waals surface area contributed by atoms with Crippen molar-refractivity contribution in [1.29, 1.82) is 0 Å². The van der Waals surface area contributed by atoms with E-state index in [0.717, 1.165) is 30.9 Å². The highest BCUT2D eigenvalue weighted by molar-refractivity contribution is 5.88. The standard InChI is InChI=1S/C24H28N2O2/c1-27-22-9-8-15(11-23(22)28-2)6-7-16-10-19-18-4-3-5-20-24(18)17(14-26-20)12-21(19)25-13-16/h3-5,8-9,11,14,16,19,21,25-26H,6-7,10,12-13H2,1-2H3/t16?,19-,21-/m1/s1. The van der Waals surface area contributed by atoms with Gasteiger partial charge in [0.25, 0.3) is 0 Å². The predicted molar refractivity (Wildman–Crippen MR) is 113 cm³/mol. The molecule has 4 heteroatoms. The summed E-state index contributed by atoms with van der Waals surface area (Å²) in [7, 11) is 3.38. The van der Waals surface area contributed by atoms with Gasteiger partial charge in [0, 0.05) is 29.1 Å². The average molecular weight is 377 g/mol. The number of fused-ring (bicyclic) bond motifs is 2. The minimum Gasteiger partial charge on any atom is -0.493 e. The van der Waals surface area contributed by atoms with Gasteiger partial charge in [-0.3, -0.25) is 0 Å². The summed E-state index contributed by atoms with van der Waals surface area (Å²) >= 11 is 0. The van der Waals surface area contributed by atoms with Gasteiger partial charge < -0.3 is 19.8 Å². The van der Waals surface area contributed by atoms with Crippen molar-refractivity contribution < 1.29 is 9.47 Å². The molecular formula is C24H28N2O2. The van der Waals surface area contributed by atoms with Crippen molar-refractivity contribution in [3.8, 4) is 11.5 Å². The molecule has 1 unspecified atom stereocenters. The number of ether oxygens (including phenoxy) is 2.